The minimum atomic E-state index is -3.77. The summed E-state index contributed by atoms with van der Waals surface area (Å²) in [5, 5.41) is 18.6. The van der Waals surface area contributed by atoms with Gasteiger partial charge in [-0.25, -0.2) is 18.4 Å². The highest BCUT2D eigenvalue weighted by Crippen LogP contribution is 2.19. The summed E-state index contributed by atoms with van der Waals surface area (Å²) < 4.78 is 26.2. The number of nitrogens with one attached hydrogen (secondary N) is 1. The molecular formula is C19H21N5O5S3. The summed E-state index contributed by atoms with van der Waals surface area (Å²) in [5.41, 5.74) is 0.320. The third-order valence-corrected chi connectivity index (χ3v) is 7.59. The molecule has 0 radical (unpaired) electrons. The van der Waals surface area contributed by atoms with Crippen molar-refractivity contribution in [1.29, 1.82) is 0 Å². The Morgan fingerprint density at radius 2 is 2.03 bits per heavy atom. The summed E-state index contributed by atoms with van der Waals surface area (Å²) in [5.74, 6) is -0.550. The van der Waals surface area contributed by atoms with Gasteiger partial charge in [0.1, 0.15) is 5.01 Å². The second-order valence-electron chi connectivity index (χ2n) is 6.44. The molecule has 3 rings (SSSR count). The van der Waals surface area contributed by atoms with Crippen LogP contribution in [0.1, 0.15) is 15.4 Å². The number of sulfonamides is 1. The zero-order valence-corrected chi connectivity index (χ0v) is 19.7. The van der Waals surface area contributed by atoms with Crippen molar-refractivity contribution >= 4 is 49.4 Å². The zero-order valence-electron chi connectivity index (χ0n) is 17.3. The number of thiazole rings is 2. The number of aliphatic hydroxyl groups excluding tert-OH is 1. The average Bonchev–Trinajstić information content (AvgIpc) is 3.43. The molecule has 0 bridgehead atoms. The Balaban J connectivity index is 1.85. The van der Waals surface area contributed by atoms with Crippen LogP contribution in [-0.4, -0.2) is 59.6 Å². The van der Waals surface area contributed by atoms with E-state index in [0.717, 1.165) is 9.18 Å². The lowest BCUT2D eigenvalue weighted by Crippen LogP contribution is -2.29. The molecule has 32 heavy (non-hydrogen) atoms. The quantitative estimate of drug-likeness (QED) is 0.325. The normalized spacial score (nSPS) is 12.2. The molecule has 10 nitrogen and oxygen atoms in total. The summed E-state index contributed by atoms with van der Waals surface area (Å²) in [7, 11) is -2.39. The number of aryl methyl sites for hydroxylation is 1. The third-order valence-electron chi connectivity index (χ3n) is 4.13. The van der Waals surface area contributed by atoms with Crippen LogP contribution in [0.15, 0.2) is 52.1 Å². The van der Waals surface area contributed by atoms with E-state index in [0.29, 0.717) is 15.7 Å². The summed E-state index contributed by atoms with van der Waals surface area (Å²) >= 11 is 2.70. The first kappa shape index (κ1) is 23.9. The lowest BCUT2D eigenvalue weighted by atomic mass is 10.1. The molecule has 0 aliphatic rings. The zero-order chi connectivity index (χ0) is 23.1. The van der Waals surface area contributed by atoms with Crippen LogP contribution in [0.3, 0.4) is 0 Å². The summed E-state index contributed by atoms with van der Waals surface area (Å²) in [6.45, 7) is 1.63. The van der Waals surface area contributed by atoms with E-state index < -0.39 is 15.9 Å². The maximum atomic E-state index is 12.9. The van der Waals surface area contributed by atoms with Crippen molar-refractivity contribution in [2.24, 2.45) is 5.16 Å². The van der Waals surface area contributed by atoms with Crippen molar-refractivity contribution in [2.45, 2.75) is 18.4 Å². The van der Waals surface area contributed by atoms with Crippen LogP contribution in [-0.2, 0) is 26.3 Å². The van der Waals surface area contributed by atoms with E-state index in [2.05, 4.69) is 20.4 Å². The van der Waals surface area contributed by atoms with E-state index in [1.807, 2.05) is 6.92 Å². The highest BCUT2D eigenvalue weighted by atomic mass is 32.2. The Kier molecular flexibility index (Phi) is 8.04. The highest BCUT2D eigenvalue weighted by Gasteiger charge is 2.22. The van der Waals surface area contributed by atoms with Crippen molar-refractivity contribution in [3.8, 4) is 0 Å². The Morgan fingerprint density at radius 3 is 2.62 bits per heavy atom. The van der Waals surface area contributed by atoms with Gasteiger partial charge in [0.25, 0.3) is 5.91 Å². The number of likely N-dealkylation sites (N-methyl/N-ethyl adjacent to an activating group) is 1. The maximum Gasteiger partial charge on any atom is 0.280 e. The van der Waals surface area contributed by atoms with Crippen LogP contribution in [0.2, 0.25) is 0 Å². The average molecular weight is 496 g/mol. The number of amides is 1. The van der Waals surface area contributed by atoms with Crippen LogP contribution in [0, 0.1) is 6.92 Å². The van der Waals surface area contributed by atoms with E-state index in [9.17, 15) is 13.2 Å². The van der Waals surface area contributed by atoms with Gasteiger partial charge in [0.05, 0.1) is 11.5 Å². The molecule has 1 aromatic carbocycles. The number of anilines is 1. The molecule has 0 fully saturated rings. The van der Waals surface area contributed by atoms with Gasteiger partial charge in [-0.3, -0.25) is 10.1 Å². The smallest absolute Gasteiger partial charge is 0.280 e. The molecule has 170 valence electrons. The van der Waals surface area contributed by atoms with Gasteiger partial charge >= 0.3 is 0 Å². The second kappa shape index (κ2) is 10.7. The van der Waals surface area contributed by atoms with E-state index in [1.54, 1.807) is 17.8 Å². The summed E-state index contributed by atoms with van der Waals surface area (Å²) in [4.78, 5) is 27.4. The first-order chi connectivity index (χ1) is 15.3. The first-order valence-electron chi connectivity index (χ1n) is 9.31. The molecule has 1 amide bonds. The summed E-state index contributed by atoms with van der Waals surface area (Å²) in [6, 6.07) is 5.68. The fraction of sp³-hybridized carbons (Fsp3) is 0.263. The molecular weight excluding hydrogens is 474 g/mol. The number of carbonyl (C=O) groups excluding carboxylic acids is 1. The predicted octanol–water partition coefficient (Wildman–Crippen LogP) is 2.08. The predicted molar refractivity (Wildman–Crippen MR) is 122 cm³/mol. The number of carbonyl (C=O) groups is 1. The van der Waals surface area contributed by atoms with Crippen molar-refractivity contribution in [3.05, 3.63) is 57.5 Å². The largest absolute Gasteiger partial charge is 0.395 e. The fourth-order valence-corrected chi connectivity index (χ4v) is 4.84. The first-order valence-corrected chi connectivity index (χ1v) is 12.4. The molecule has 2 aromatic heterocycles. The van der Waals surface area contributed by atoms with Crippen LogP contribution in [0.5, 0.6) is 0 Å². The number of aliphatic hydroxyl groups is 1. The third kappa shape index (κ3) is 5.95. The van der Waals surface area contributed by atoms with Crippen LogP contribution in [0.25, 0.3) is 0 Å². The number of rotatable bonds is 10. The molecule has 0 saturated heterocycles. The number of hydrogen-bond acceptors (Lipinski definition) is 10. The SMILES string of the molecule is Cc1cnc(NC(=O)C(=NOCc2nccs2)c2ccc(S(=O)(=O)N(C)CCO)cc2)s1. The van der Waals surface area contributed by atoms with E-state index in [-0.39, 0.29) is 30.4 Å². The molecule has 2 heterocycles. The molecule has 0 aliphatic heterocycles. The van der Waals surface area contributed by atoms with Crippen LogP contribution >= 0.6 is 22.7 Å². The minimum Gasteiger partial charge on any atom is -0.395 e. The van der Waals surface area contributed by atoms with E-state index in [4.69, 9.17) is 9.94 Å². The number of hydrogen-bond donors (Lipinski definition) is 2. The van der Waals surface area contributed by atoms with E-state index in [1.165, 1.54) is 54.0 Å². The summed E-state index contributed by atoms with van der Waals surface area (Å²) in [6.07, 6.45) is 3.27. The van der Waals surface area contributed by atoms with Gasteiger partial charge in [0.15, 0.2) is 17.5 Å². The van der Waals surface area contributed by atoms with Gasteiger partial charge in [0.2, 0.25) is 10.0 Å². The number of nitrogens with zero attached hydrogens (tertiary/aromatic N) is 4. The van der Waals surface area contributed by atoms with Gasteiger partial charge in [0, 0.05) is 41.8 Å². The second-order valence-corrected chi connectivity index (χ2v) is 10.7. The van der Waals surface area contributed by atoms with Gasteiger partial charge in [-0.1, -0.05) is 17.3 Å². The molecule has 0 unspecified atom stereocenters. The van der Waals surface area contributed by atoms with Crippen LogP contribution in [0.4, 0.5) is 5.13 Å². The van der Waals surface area contributed by atoms with Gasteiger partial charge in [-0.2, -0.15) is 4.31 Å². The lowest BCUT2D eigenvalue weighted by Gasteiger charge is -2.16. The molecule has 0 aliphatic carbocycles. The van der Waals surface area contributed by atoms with Crippen molar-refractivity contribution in [2.75, 3.05) is 25.5 Å². The Morgan fingerprint density at radius 1 is 1.28 bits per heavy atom. The van der Waals surface area contributed by atoms with Gasteiger partial charge in [-0.05, 0) is 19.1 Å². The van der Waals surface area contributed by atoms with Gasteiger partial charge in [-0.15, -0.1) is 22.7 Å². The molecule has 0 spiro atoms. The Hall–Kier alpha value is -2.71. The van der Waals surface area contributed by atoms with Crippen LogP contribution < -0.4 is 5.32 Å². The van der Waals surface area contributed by atoms with E-state index >= 15 is 0 Å². The highest BCUT2D eigenvalue weighted by molar-refractivity contribution is 7.89. The maximum absolute atomic E-state index is 12.9. The molecule has 0 atom stereocenters. The van der Waals surface area contributed by atoms with Crippen molar-refractivity contribution < 1.29 is 23.2 Å². The lowest BCUT2D eigenvalue weighted by molar-refractivity contribution is -0.110. The number of benzene rings is 1. The van der Waals surface area contributed by atoms with Crippen molar-refractivity contribution in [3.63, 3.8) is 0 Å². The monoisotopic (exact) mass is 495 g/mol. The van der Waals surface area contributed by atoms with Crippen molar-refractivity contribution in [1.82, 2.24) is 14.3 Å². The topological polar surface area (TPSA) is 134 Å². The Labute approximate surface area is 193 Å². The molecule has 2 N–H and O–H groups in total. The standard InChI is InChI=1S/C19H21N5O5S3/c1-13-11-21-19(31-13)22-18(26)17(23-29-12-16-20-7-10-30-16)14-3-5-15(6-4-14)32(27,28)24(2)8-9-25/h3-7,10-11,25H,8-9,12H2,1-2H3,(H,21,22,26). The Bertz CT molecular complexity index is 1170. The number of oxime groups is 1. The fourth-order valence-electron chi connectivity index (χ4n) is 2.50. The molecule has 3 aromatic rings. The molecule has 13 heteroatoms. The number of aromatic nitrogens is 2. The minimum absolute atomic E-state index is 0.0243. The van der Waals surface area contributed by atoms with Gasteiger partial charge < -0.3 is 9.94 Å². The molecule has 0 saturated carbocycles.